The number of rotatable bonds is 5. The normalized spacial score (nSPS) is 12.1. The van der Waals surface area contributed by atoms with Gasteiger partial charge in [0, 0.05) is 25.1 Å². The predicted octanol–water partition coefficient (Wildman–Crippen LogP) is 2.05. The van der Waals surface area contributed by atoms with E-state index in [1.54, 1.807) is 12.1 Å². The molecule has 0 heterocycles. The molecule has 0 aliphatic rings. The third-order valence-corrected chi connectivity index (χ3v) is 2.64. The van der Waals surface area contributed by atoms with Gasteiger partial charge in [0.2, 0.25) is 0 Å². The monoisotopic (exact) mass is 259 g/mol. The molecule has 0 saturated heterocycles. The average Bonchev–Trinajstić information content (AvgIpc) is 2.32. The summed E-state index contributed by atoms with van der Waals surface area (Å²) in [5.74, 6) is -0.242. The summed E-state index contributed by atoms with van der Waals surface area (Å²) in [6, 6.07) is 4.90. The van der Waals surface area contributed by atoms with E-state index in [-0.39, 0.29) is 10.9 Å². The summed E-state index contributed by atoms with van der Waals surface area (Å²) < 4.78 is 13.6. The highest BCUT2D eigenvalue weighted by atomic mass is 35.5. The molecule has 0 saturated carbocycles. The number of hydrogen-bond acceptors (Lipinski definition) is 3. The molecule has 0 aromatic heterocycles. The average molecular weight is 260 g/mol. The van der Waals surface area contributed by atoms with Gasteiger partial charge in [0.1, 0.15) is 11.7 Å². The molecule has 0 unspecified atom stereocenters. The fraction of sp³-hybridized carbons (Fsp3) is 0.364. The van der Waals surface area contributed by atoms with Gasteiger partial charge in [-0.05, 0) is 13.1 Å². The minimum Gasteiger partial charge on any atom is -0.409 e. The van der Waals surface area contributed by atoms with Crippen molar-refractivity contribution in [2.45, 2.75) is 13.0 Å². The Balaban J connectivity index is 2.56. The third kappa shape index (κ3) is 4.20. The van der Waals surface area contributed by atoms with Gasteiger partial charge in [-0.15, -0.1) is 0 Å². The van der Waals surface area contributed by atoms with Gasteiger partial charge in [-0.2, -0.15) is 0 Å². The maximum absolute atomic E-state index is 13.6. The molecule has 0 atom stereocenters. The van der Waals surface area contributed by atoms with E-state index in [0.717, 1.165) is 0 Å². The fourth-order valence-corrected chi connectivity index (χ4v) is 1.59. The van der Waals surface area contributed by atoms with E-state index in [0.29, 0.717) is 25.1 Å². The number of oxime groups is 1. The van der Waals surface area contributed by atoms with Gasteiger partial charge in [0.15, 0.2) is 0 Å². The van der Waals surface area contributed by atoms with Crippen molar-refractivity contribution >= 4 is 17.4 Å². The van der Waals surface area contributed by atoms with Crippen LogP contribution in [0.2, 0.25) is 5.02 Å². The van der Waals surface area contributed by atoms with E-state index >= 15 is 0 Å². The van der Waals surface area contributed by atoms with Crippen molar-refractivity contribution in [3.63, 3.8) is 0 Å². The maximum atomic E-state index is 13.6. The first-order chi connectivity index (χ1) is 8.04. The smallest absolute Gasteiger partial charge is 0.146 e. The second-order valence-corrected chi connectivity index (χ2v) is 4.20. The van der Waals surface area contributed by atoms with Gasteiger partial charge in [0.05, 0.1) is 5.02 Å². The molecule has 0 spiro atoms. The zero-order valence-electron chi connectivity index (χ0n) is 9.53. The summed E-state index contributed by atoms with van der Waals surface area (Å²) in [7, 11) is 1.82. The first-order valence-electron chi connectivity index (χ1n) is 5.12. The van der Waals surface area contributed by atoms with Gasteiger partial charge in [-0.25, -0.2) is 4.39 Å². The molecule has 6 heteroatoms. The predicted molar refractivity (Wildman–Crippen MR) is 65.8 cm³/mol. The molecule has 0 aliphatic carbocycles. The van der Waals surface area contributed by atoms with Crippen LogP contribution >= 0.6 is 11.6 Å². The summed E-state index contributed by atoms with van der Waals surface area (Å²) in [6.45, 7) is 0.993. The van der Waals surface area contributed by atoms with E-state index in [1.807, 2.05) is 11.9 Å². The van der Waals surface area contributed by atoms with Crippen LogP contribution in [-0.4, -0.2) is 29.5 Å². The molecular formula is C11H15ClFN3O. The SMILES string of the molecule is CN(CC/C(N)=N/O)Cc1cccc(Cl)c1F. The van der Waals surface area contributed by atoms with Crippen LogP contribution in [0, 0.1) is 5.82 Å². The summed E-state index contributed by atoms with van der Waals surface area (Å²) in [5.41, 5.74) is 5.87. The first kappa shape index (κ1) is 13.7. The quantitative estimate of drug-likeness (QED) is 0.368. The van der Waals surface area contributed by atoms with Crippen LogP contribution in [0.5, 0.6) is 0 Å². The zero-order chi connectivity index (χ0) is 12.8. The van der Waals surface area contributed by atoms with Crippen molar-refractivity contribution < 1.29 is 9.60 Å². The van der Waals surface area contributed by atoms with E-state index in [2.05, 4.69) is 5.16 Å². The highest BCUT2D eigenvalue weighted by Gasteiger charge is 2.08. The lowest BCUT2D eigenvalue weighted by Crippen LogP contribution is -2.24. The Bertz CT molecular complexity index is 412. The van der Waals surface area contributed by atoms with Crippen molar-refractivity contribution in [2.24, 2.45) is 10.9 Å². The Hall–Kier alpha value is -1.33. The van der Waals surface area contributed by atoms with Gasteiger partial charge in [-0.3, -0.25) is 0 Å². The zero-order valence-corrected chi connectivity index (χ0v) is 10.3. The van der Waals surface area contributed by atoms with Crippen LogP contribution in [0.25, 0.3) is 0 Å². The molecule has 0 fully saturated rings. The summed E-state index contributed by atoms with van der Waals surface area (Å²) in [4.78, 5) is 1.87. The molecule has 1 rings (SSSR count). The van der Waals surface area contributed by atoms with Crippen molar-refractivity contribution in [1.82, 2.24) is 4.90 Å². The number of halogens is 2. The van der Waals surface area contributed by atoms with E-state index in [4.69, 9.17) is 22.5 Å². The Morgan fingerprint density at radius 3 is 2.94 bits per heavy atom. The molecule has 94 valence electrons. The molecule has 17 heavy (non-hydrogen) atoms. The van der Waals surface area contributed by atoms with Gasteiger partial charge in [0.25, 0.3) is 0 Å². The number of amidine groups is 1. The van der Waals surface area contributed by atoms with E-state index < -0.39 is 5.82 Å². The molecule has 3 N–H and O–H groups in total. The van der Waals surface area contributed by atoms with Crippen molar-refractivity contribution in [2.75, 3.05) is 13.6 Å². The second kappa shape index (κ2) is 6.42. The van der Waals surface area contributed by atoms with Gasteiger partial charge < -0.3 is 15.8 Å². The van der Waals surface area contributed by atoms with Crippen LogP contribution in [0.4, 0.5) is 4.39 Å². The van der Waals surface area contributed by atoms with Gasteiger partial charge >= 0.3 is 0 Å². The fourth-order valence-electron chi connectivity index (χ4n) is 1.40. The lowest BCUT2D eigenvalue weighted by atomic mass is 10.2. The summed E-state index contributed by atoms with van der Waals surface area (Å²) >= 11 is 5.68. The van der Waals surface area contributed by atoms with Crippen LogP contribution in [0.3, 0.4) is 0 Å². The lowest BCUT2D eigenvalue weighted by molar-refractivity contribution is 0.308. The lowest BCUT2D eigenvalue weighted by Gasteiger charge is -2.16. The Labute approximate surface area is 104 Å². The highest BCUT2D eigenvalue weighted by Crippen LogP contribution is 2.18. The largest absolute Gasteiger partial charge is 0.409 e. The van der Waals surface area contributed by atoms with Gasteiger partial charge in [-0.1, -0.05) is 28.9 Å². The molecule has 4 nitrogen and oxygen atoms in total. The maximum Gasteiger partial charge on any atom is 0.146 e. The van der Waals surface area contributed by atoms with Crippen LogP contribution < -0.4 is 5.73 Å². The Morgan fingerprint density at radius 2 is 2.29 bits per heavy atom. The summed E-state index contributed by atoms with van der Waals surface area (Å²) in [5, 5.41) is 11.4. The number of nitrogens with two attached hydrogens (primary N) is 1. The molecule has 0 amide bonds. The Morgan fingerprint density at radius 1 is 1.59 bits per heavy atom. The number of nitrogens with zero attached hydrogens (tertiary/aromatic N) is 2. The first-order valence-corrected chi connectivity index (χ1v) is 5.50. The van der Waals surface area contributed by atoms with Crippen LogP contribution in [-0.2, 0) is 6.54 Å². The van der Waals surface area contributed by atoms with E-state index in [1.165, 1.54) is 6.07 Å². The molecule has 0 bridgehead atoms. The molecular weight excluding hydrogens is 245 g/mol. The molecule has 1 aromatic carbocycles. The van der Waals surface area contributed by atoms with Crippen molar-refractivity contribution in [3.8, 4) is 0 Å². The molecule has 0 radical (unpaired) electrons. The topological polar surface area (TPSA) is 61.8 Å². The second-order valence-electron chi connectivity index (χ2n) is 3.79. The van der Waals surface area contributed by atoms with Crippen molar-refractivity contribution in [1.29, 1.82) is 0 Å². The highest BCUT2D eigenvalue weighted by molar-refractivity contribution is 6.30. The van der Waals surface area contributed by atoms with E-state index in [9.17, 15) is 4.39 Å². The van der Waals surface area contributed by atoms with Crippen LogP contribution in [0.15, 0.2) is 23.4 Å². The Kier molecular flexibility index (Phi) is 5.18. The standard InChI is InChI=1S/C11H15ClFN3O/c1-16(6-5-10(14)15-17)7-8-3-2-4-9(12)11(8)13/h2-4,17H,5-7H2,1H3,(H2,14,15). The summed E-state index contributed by atoms with van der Waals surface area (Å²) in [6.07, 6.45) is 0.426. The van der Waals surface area contributed by atoms with Crippen molar-refractivity contribution in [3.05, 3.63) is 34.6 Å². The molecule has 0 aliphatic heterocycles. The minimum absolute atomic E-state index is 0.118. The van der Waals surface area contributed by atoms with Crippen LogP contribution in [0.1, 0.15) is 12.0 Å². The number of benzene rings is 1. The molecule has 1 aromatic rings. The third-order valence-electron chi connectivity index (χ3n) is 2.35. The minimum atomic E-state index is -0.398. The number of hydrogen-bond donors (Lipinski definition) is 2.